The van der Waals surface area contributed by atoms with Crippen molar-refractivity contribution in [2.24, 2.45) is 4.99 Å². The first-order valence-electron chi connectivity index (χ1n) is 10.5. The molecule has 2 aromatic carbocycles. The van der Waals surface area contributed by atoms with Crippen LogP contribution in [0.15, 0.2) is 107 Å². The van der Waals surface area contributed by atoms with Crippen LogP contribution in [-0.4, -0.2) is 22.3 Å². The summed E-state index contributed by atoms with van der Waals surface area (Å²) in [6.07, 6.45) is 9.83. The highest BCUT2D eigenvalue weighted by atomic mass is 79.9. The van der Waals surface area contributed by atoms with Gasteiger partial charge in [0, 0.05) is 51.5 Å². The predicted octanol–water partition coefficient (Wildman–Crippen LogP) is 6.78. The van der Waals surface area contributed by atoms with Crippen molar-refractivity contribution < 1.29 is 0 Å². The Labute approximate surface area is 195 Å². The Bertz CT molecular complexity index is 1290. The second-order valence-corrected chi connectivity index (χ2v) is 8.81. The summed E-state index contributed by atoms with van der Waals surface area (Å²) in [5.41, 5.74) is 7.52. The third kappa shape index (κ3) is 3.26. The minimum atomic E-state index is -0.0140. The van der Waals surface area contributed by atoms with E-state index in [4.69, 9.17) is 4.99 Å². The van der Waals surface area contributed by atoms with Gasteiger partial charge in [-0.05, 0) is 72.3 Å². The second-order valence-electron chi connectivity index (χ2n) is 7.89. The maximum atomic E-state index is 4.87. The second kappa shape index (κ2) is 7.84. The zero-order valence-electron chi connectivity index (χ0n) is 17.1. The van der Waals surface area contributed by atoms with Crippen LogP contribution in [0.25, 0.3) is 22.5 Å². The molecule has 4 nitrogen and oxygen atoms in total. The number of halogens is 1. The van der Waals surface area contributed by atoms with Gasteiger partial charge in [-0.15, -0.1) is 0 Å². The third-order valence-electron chi connectivity index (χ3n) is 5.95. The first kappa shape index (κ1) is 19.1. The van der Waals surface area contributed by atoms with Crippen molar-refractivity contribution in [2.45, 2.75) is 12.1 Å². The van der Waals surface area contributed by atoms with Crippen LogP contribution in [0.3, 0.4) is 0 Å². The minimum Gasteiger partial charge on any atom is -0.318 e. The van der Waals surface area contributed by atoms with Crippen LogP contribution in [0.5, 0.6) is 0 Å². The highest BCUT2D eigenvalue weighted by Gasteiger charge is 2.38. The minimum absolute atomic E-state index is 0.0140. The standard InChI is InChI=1S/C27H19BrN4/c28-20-9-10-26-23(17-20)22-6-5-13-31-27(22)32(26)21-15-18(24-7-1-3-11-29-24)14-19(16-21)25-8-2-4-12-30-25/h1-17,22,27H. The van der Waals surface area contributed by atoms with E-state index >= 15 is 0 Å². The largest absolute Gasteiger partial charge is 0.318 e. The number of allylic oxidation sites excluding steroid dienone is 1. The van der Waals surface area contributed by atoms with E-state index in [1.165, 1.54) is 11.3 Å². The number of anilines is 2. The Morgan fingerprint density at radius 1 is 0.781 bits per heavy atom. The molecule has 2 aliphatic rings. The molecule has 2 aliphatic heterocycles. The van der Waals surface area contributed by atoms with Crippen LogP contribution >= 0.6 is 15.9 Å². The molecule has 4 aromatic rings. The summed E-state index contributed by atoms with van der Waals surface area (Å²) in [5, 5.41) is 0. The Morgan fingerprint density at radius 2 is 1.50 bits per heavy atom. The van der Waals surface area contributed by atoms with Crippen molar-refractivity contribution in [3.63, 3.8) is 0 Å². The van der Waals surface area contributed by atoms with E-state index in [2.05, 4.69) is 73.3 Å². The van der Waals surface area contributed by atoms with Gasteiger partial charge in [0.15, 0.2) is 0 Å². The lowest BCUT2D eigenvalue weighted by molar-refractivity contribution is 0.659. The third-order valence-corrected chi connectivity index (χ3v) is 6.45. The molecule has 0 spiro atoms. The van der Waals surface area contributed by atoms with Gasteiger partial charge in [0.2, 0.25) is 0 Å². The number of fused-ring (bicyclic) bond motifs is 3. The first-order chi connectivity index (χ1) is 15.8. The van der Waals surface area contributed by atoms with Gasteiger partial charge >= 0.3 is 0 Å². The van der Waals surface area contributed by atoms with Crippen LogP contribution in [0.4, 0.5) is 11.4 Å². The van der Waals surface area contributed by atoms with Gasteiger partial charge in [-0.25, -0.2) is 0 Å². The highest BCUT2D eigenvalue weighted by Crippen LogP contribution is 2.49. The summed E-state index contributed by atoms with van der Waals surface area (Å²) in [6.45, 7) is 0. The topological polar surface area (TPSA) is 41.4 Å². The number of pyridine rings is 2. The molecule has 0 radical (unpaired) electrons. The predicted molar refractivity (Wildman–Crippen MR) is 133 cm³/mol. The fourth-order valence-corrected chi connectivity index (χ4v) is 4.93. The van der Waals surface area contributed by atoms with Crippen LogP contribution in [0, 0.1) is 0 Å². The van der Waals surface area contributed by atoms with Crippen molar-refractivity contribution in [3.05, 3.63) is 107 Å². The van der Waals surface area contributed by atoms with Crippen molar-refractivity contribution in [3.8, 4) is 22.5 Å². The quantitative estimate of drug-likeness (QED) is 0.326. The number of benzene rings is 2. The van der Waals surface area contributed by atoms with Gasteiger partial charge in [-0.2, -0.15) is 0 Å². The number of aliphatic imine (C=N–C) groups is 1. The molecule has 32 heavy (non-hydrogen) atoms. The Kier molecular flexibility index (Phi) is 4.69. The van der Waals surface area contributed by atoms with Gasteiger partial charge in [0.1, 0.15) is 6.17 Å². The van der Waals surface area contributed by atoms with Crippen molar-refractivity contribution in [1.29, 1.82) is 0 Å². The van der Waals surface area contributed by atoms with Crippen LogP contribution in [0.1, 0.15) is 11.5 Å². The van der Waals surface area contributed by atoms with Gasteiger partial charge in [-0.1, -0.05) is 34.1 Å². The van der Waals surface area contributed by atoms with Gasteiger partial charge in [0.25, 0.3) is 0 Å². The van der Waals surface area contributed by atoms with E-state index < -0.39 is 0 Å². The number of hydrogen-bond acceptors (Lipinski definition) is 4. The monoisotopic (exact) mass is 478 g/mol. The molecule has 4 heterocycles. The average molecular weight is 479 g/mol. The zero-order chi connectivity index (χ0) is 21.5. The van der Waals surface area contributed by atoms with Gasteiger partial charge < -0.3 is 4.90 Å². The van der Waals surface area contributed by atoms with Crippen LogP contribution in [0.2, 0.25) is 0 Å². The van der Waals surface area contributed by atoms with Crippen molar-refractivity contribution in [2.75, 3.05) is 4.90 Å². The SMILES string of the molecule is Brc1ccc2c(c1)C1C=CC=NC1N2c1cc(-c2ccccn2)cc(-c2ccccn2)c1. The number of rotatable bonds is 3. The van der Waals surface area contributed by atoms with Crippen LogP contribution in [-0.2, 0) is 0 Å². The molecule has 0 fully saturated rings. The molecule has 5 heteroatoms. The lowest BCUT2D eigenvalue weighted by Crippen LogP contribution is -2.29. The Balaban J connectivity index is 1.57. The van der Waals surface area contributed by atoms with E-state index in [1.807, 2.05) is 61.1 Å². The molecule has 0 saturated carbocycles. The zero-order valence-corrected chi connectivity index (χ0v) is 18.7. The Morgan fingerprint density at radius 3 is 2.16 bits per heavy atom. The molecule has 2 aromatic heterocycles. The molecule has 0 bridgehead atoms. The molecular formula is C27H19BrN4. The number of aromatic nitrogens is 2. The maximum absolute atomic E-state index is 4.87. The van der Waals surface area contributed by atoms with E-state index in [0.29, 0.717) is 0 Å². The van der Waals surface area contributed by atoms with Crippen molar-refractivity contribution in [1.82, 2.24) is 9.97 Å². The number of dihydropyridines is 1. The van der Waals surface area contributed by atoms with E-state index in [0.717, 1.165) is 32.7 Å². The summed E-state index contributed by atoms with van der Waals surface area (Å²) >= 11 is 3.64. The Hall–Kier alpha value is -3.57. The molecule has 0 aliphatic carbocycles. The number of hydrogen-bond donors (Lipinski definition) is 0. The summed E-state index contributed by atoms with van der Waals surface area (Å²) in [4.78, 5) is 16.4. The first-order valence-corrected chi connectivity index (χ1v) is 11.3. The van der Waals surface area contributed by atoms with E-state index in [9.17, 15) is 0 Å². The normalized spacial score (nSPS) is 18.5. The average Bonchev–Trinajstić information content (AvgIpc) is 3.18. The molecular weight excluding hydrogens is 460 g/mol. The summed E-state index contributed by atoms with van der Waals surface area (Å²) < 4.78 is 1.08. The van der Waals surface area contributed by atoms with Gasteiger partial charge in [0.05, 0.1) is 11.4 Å². The lowest BCUT2D eigenvalue weighted by atomic mass is 9.97. The fourth-order valence-electron chi connectivity index (χ4n) is 4.55. The van der Waals surface area contributed by atoms with Gasteiger partial charge in [-0.3, -0.25) is 15.0 Å². The molecule has 2 atom stereocenters. The fraction of sp³-hybridized carbons (Fsp3) is 0.0741. The highest BCUT2D eigenvalue weighted by molar-refractivity contribution is 9.10. The molecule has 6 rings (SSSR count). The van der Waals surface area contributed by atoms with Crippen molar-refractivity contribution >= 4 is 33.5 Å². The lowest BCUT2D eigenvalue weighted by Gasteiger charge is -2.28. The van der Waals surface area contributed by atoms with E-state index in [1.54, 1.807) is 0 Å². The molecule has 0 amide bonds. The summed E-state index contributed by atoms with van der Waals surface area (Å²) in [7, 11) is 0. The molecule has 2 unspecified atom stereocenters. The van der Waals surface area contributed by atoms with E-state index in [-0.39, 0.29) is 12.1 Å². The molecule has 0 saturated heterocycles. The summed E-state index contributed by atoms with van der Waals surface area (Å²) in [6, 6.07) is 25.1. The molecule has 0 N–H and O–H groups in total. The maximum Gasteiger partial charge on any atom is 0.135 e. The summed E-state index contributed by atoms with van der Waals surface area (Å²) in [5.74, 6) is 0.212. The number of nitrogens with zero attached hydrogens (tertiary/aromatic N) is 4. The smallest absolute Gasteiger partial charge is 0.135 e. The van der Waals surface area contributed by atoms with Crippen LogP contribution < -0.4 is 4.90 Å². The molecule has 154 valence electrons.